The molecule has 1 N–H and O–H groups in total. The van der Waals surface area contributed by atoms with E-state index in [-0.39, 0.29) is 0 Å². The number of benzene rings is 2. The first kappa shape index (κ1) is 12.8. The summed E-state index contributed by atoms with van der Waals surface area (Å²) < 4.78 is 2.18. The van der Waals surface area contributed by atoms with Crippen LogP contribution in [0.4, 0.5) is 0 Å². The largest absolute Gasteiger partial charge is 0.481 e. The van der Waals surface area contributed by atoms with Gasteiger partial charge in [-0.3, -0.25) is 0 Å². The van der Waals surface area contributed by atoms with Crippen LogP contribution in [0.25, 0.3) is 20.2 Å². The van der Waals surface area contributed by atoms with E-state index >= 15 is 0 Å². The van der Waals surface area contributed by atoms with Gasteiger partial charge in [0.1, 0.15) is 11.3 Å². The maximum atomic E-state index is 10.1. The van der Waals surface area contributed by atoms with E-state index < -0.39 is 0 Å². The Hall–Kier alpha value is -1.23. The van der Waals surface area contributed by atoms with Gasteiger partial charge in [-0.1, -0.05) is 46.3 Å². The van der Waals surface area contributed by atoms with E-state index in [0.717, 1.165) is 24.7 Å². The van der Waals surface area contributed by atoms with Crippen LogP contribution in [0.3, 0.4) is 0 Å². The van der Waals surface area contributed by atoms with Crippen molar-refractivity contribution in [2.45, 2.75) is 0 Å². The summed E-state index contributed by atoms with van der Waals surface area (Å²) in [5.74, 6) is 0. The van der Waals surface area contributed by atoms with Gasteiger partial charge in [0, 0.05) is 15.6 Å². The molecule has 0 spiro atoms. The average molecular weight is 350 g/mol. The van der Waals surface area contributed by atoms with Crippen LogP contribution in [0, 0.1) is 0 Å². The lowest BCUT2D eigenvalue weighted by atomic mass is 10.2. The Balaban J connectivity index is 2.04. The van der Waals surface area contributed by atoms with Gasteiger partial charge in [0.2, 0.25) is 4.88 Å². The van der Waals surface area contributed by atoms with Crippen molar-refractivity contribution in [3.8, 4) is 25.3 Å². The summed E-state index contributed by atoms with van der Waals surface area (Å²) in [5, 5.41) is 10.5. The highest BCUT2D eigenvalue weighted by Crippen LogP contribution is 2.46. The van der Waals surface area contributed by atoms with Gasteiger partial charge in [-0.2, -0.15) is 0 Å². The smallest absolute Gasteiger partial charge is 0.320 e. The van der Waals surface area contributed by atoms with E-state index in [2.05, 4.69) is 28.1 Å². The zero-order chi connectivity index (χ0) is 13.2. The van der Waals surface area contributed by atoms with Crippen LogP contribution in [-0.4, -0.2) is 5.11 Å². The molecule has 2 aromatic carbocycles. The Morgan fingerprint density at radius 1 is 0.895 bits per heavy atom. The quantitative estimate of drug-likeness (QED) is 0.571. The highest BCUT2D eigenvalue weighted by atomic mass is 79.9. The van der Waals surface area contributed by atoms with Gasteiger partial charge in [-0.15, -0.1) is 0 Å². The van der Waals surface area contributed by atoms with E-state index in [4.69, 9.17) is 0 Å². The van der Waals surface area contributed by atoms with Crippen molar-refractivity contribution in [2.24, 2.45) is 0 Å². The minimum Gasteiger partial charge on any atom is -0.481 e. The van der Waals surface area contributed by atoms with Crippen molar-refractivity contribution in [3.63, 3.8) is 0 Å². The number of rotatable bonds is 2. The lowest BCUT2D eigenvalue weighted by Crippen LogP contribution is -1.70. The minimum absolute atomic E-state index is 0.383. The molecule has 0 aliphatic heterocycles. The van der Waals surface area contributed by atoms with E-state index in [0.29, 0.717) is 5.06 Å². The van der Waals surface area contributed by atoms with E-state index in [1.165, 1.54) is 11.3 Å². The third-order valence-corrected chi connectivity index (χ3v) is 5.72. The molecular formula is C15H10BrOS2+. The molecule has 0 bridgehead atoms. The Kier molecular flexibility index (Phi) is 3.64. The minimum atomic E-state index is 0.383. The second kappa shape index (κ2) is 5.41. The zero-order valence-corrected chi connectivity index (χ0v) is 13.1. The maximum Gasteiger partial charge on any atom is 0.320 e. The molecule has 3 aromatic rings. The Morgan fingerprint density at radius 3 is 2.26 bits per heavy atom. The lowest BCUT2D eigenvalue weighted by molar-refractivity contribution is 0.493. The molecule has 0 unspecified atom stereocenters. The van der Waals surface area contributed by atoms with Gasteiger partial charge in [-0.25, -0.2) is 0 Å². The fraction of sp³-hybridized carbons (Fsp3) is 0. The topological polar surface area (TPSA) is 20.2 Å². The van der Waals surface area contributed by atoms with Gasteiger partial charge >= 0.3 is 5.06 Å². The van der Waals surface area contributed by atoms with Gasteiger partial charge in [-0.05, 0) is 24.3 Å². The van der Waals surface area contributed by atoms with Crippen LogP contribution in [0.2, 0.25) is 0 Å². The molecule has 0 fully saturated rings. The van der Waals surface area contributed by atoms with Crippen molar-refractivity contribution in [1.29, 1.82) is 0 Å². The van der Waals surface area contributed by atoms with Crippen LogP contribution in [0.5, 0.6) is 5.06 Å². The second-order valence-electron chi connectivity index (χ2n) is 4.00. The van der Waals surface area contributed by atoms with Crippen LogP contribution in [0.15, 0.2) is 59.1 Å². The van der Waals surface area contributed by atoms with Gasteiger partial charge in [0.05, 0.1) is 11.3 Å². The van der Waals surface area contributed by atoms with Crippen LogP contribution in [0.1, 0.15) is 0 Å². The predicted molar refractivity (Wildman–Crippen MR) is 86.8 cm³/mol. The summed E-state index contributed by atoms with van der Waals surface area (Å²) in [6.07, 6.45) is 0. The molecule has 0 aliphatic rings. The molecule has 0 atom stereocenters. The molecule has 0 amide bonds. The second-order valence-corrected chi connectivity index (χ2v) is 7.19. The number of hydrogen-bond donors (Lipinski definition) is 1. The highest BCUT2D eigenvalue weighted by Gasteiger charge is 2.24. The summed E-state index contributed by atoms with van der Waals surface area (Å²) in [6, 6.07) is 18.1. The van der Waals surface area contributed by atoms with Crippen LogP contribution >= 0.6 is 38.6 Å². The summed E-state index contributed by atoms with van der Waals surface area (Å²) in [7, 11) is 0. The standard InChI is InChI=1S/C15H9BrOS2/c16-12-8-6-11(7-9-12)15-18-13(14(17)19-15)10-4-2-1-3-5-10/h1-9H/p+1. The molecule has 0 saturated carbocycles. The van der Waals surface area contributed by atoms with Gasteiger partial charge < -0.3 is 5.11 Å². The number of halogens is 1. The van der Waals surface area contributed by atoms with Crippen molar-refractivity contribution in [1.82, 2.24) is 0 Å². The first-order valence-corrected chi connectivity index (χ1v) is 8.14. The zero-order valence-electron chi connectivity index (χ0n) is 9.84. The molecule has 3 rings (SSSR count). The molecule has 1 nitrogen and oxygen atoms in total. The monoisotopic (exact) mass is 349 g/mol. The SMILES string of the molecule is Oc1[s+]c(-c2ccc(Br)cc2)sc1-c1ccccc1. The maximum absolute atomic E-state index is 10.1. The summed E-state index contributed by atoms with van der Waals surface area (Å²) >= 11 is 6.48. The van der Waals surface area contributed by atoms with Crippen molar-refractivity contribution >= 4 is 38.6 Å². The van der Waals surface area contributed by atoms with E-state index in [1.54, 1.807) is 11.3 Å². The molecule has 4 heteroatoms. The lowest BCUT2D eigenvalue weighted by Gasteiger charge is -1.91. The molecule has 1 heterocycles. The Morgan fingerprint density at radius 2 is 1.58 bits per heavy atom. The molecule has 0 saturated heterocycles. The molecule has 1 aromatic heterocycles. The first-order valence-electron chi connectivity index (χ1n) is 5.71. The Bertz CT molecular complexity index is 690. The van der Waals surface area contributed by atoms with Gasteiger partial charge in [0.15, 0.2) is 0 Å². The molecule has 0 radical (unpaired) electrons. The molecular weight excluding hydrogens is 340 g/mol. The van der Waals surface area contributed by atoms with Crippen LogP contribution < -0.4 is 0 Å². The third kappa shape index (κ3) is 2.71. The Labute approximate surface area is 127 Å². The van der Waals surface area contributed by atoms with Crippen LogP contribution in [-0.2, 0) is 0 Å². The highest BCUT2D eigenvalue weighted by molar-refractivity contribution is 9.10. The molecule has 19 heavy (non-hydrogen) atoms. The normalized spacial score (nSPS) is 10.6. The molecule has 94 valence electrons. The van der Waals surface area contributed by atoms with Gasteiger partial charge in [0.25, 0.3) is 4.19 Å². The summed E-state index contributed by atoms with van der Waals surface area (Å²) in [5.41, 5.74) is 2.19. The van der Waals surface area contributed by atoms with Crippen molar-refractivity contribution in [2.75, 3.05) is 0 Å². The van der Waals surface area contributed by atoms with Crippen molar-refractivity contribution in [3.05, 3.63) is 59.1 Å². The number of hydrogen-bond acceptors (Lipinski definition) is 2. The number of aromatic hydroxyl groups is 1. The molecule has 0 aliphatic carbocycles. The average Bonchev–Trinajstić information content (AvgIpc) is 2.83. The van der Waals surface area contributed by atoms with E-state index in [1.807, 2.05) is 42.5 Å². The predicted octanol–water partition coefficient (Wildman–Crippen LogP) is 5.89. The summed E-state index contributed by atoms with van der Waals surface area (Å²) in [6.45, 7) is 0. The van der Waals surface area contributed by atoms with Crippen molar-refractivity contribution < 1.29 is 5.11 Å². The fourth-order valence-electron chi connectivity index (χ4n) is 1.77. The summed E-state index contributed by atoms with van der Waals surface area (Å²) in [4.78, 5) is 0.934. The first-order chi connectivity index (χ1) is 9.24. The van der Waals surface area contributed by atoms with E-state index in [9.17, 15) is 5.11 Å². The fourth-order valence-corrected chi connectivity index (χ4v) is 4.36. The third-order valence-electron chi connectivity index (χ3n) is 2.69.